The summed E-state index contributed by atoms with van der Waals surface area (Å²) >= 11 is 0. The van der Waals surface area contributed by atoms with Crippen molar-refractivity contribution >= 4 is 5.97 Å². The normalized spacial score (nSPS) is 12.7. The minimum absolute atomic E-state index is 0.0553. The van der Waals surface area contributed by atoms with Crippen LogP contribution in [0, 0.1) is 5.92 Å². The molecule has 4 nitrogen and oxygen atoms in total. The minimum atomic E-state index is -0.819. The second-order valence-electron chi connectivity index (χ2n) is 4.83. The molecule has 18 heavy (non-hydrogen) atoms. The van der Waals surface area contributed by atoms with Gasteiger partial charge in [0.05, 0.1) is 12.5 Å². The first-order valence-corrected chi connectivity index (χ1v) is 6.17. The van der Waals surface area contributed by atoms with Crippen LogP contribution in [0.25, 0.3) is 0 Å². The van der Waals surface area contributed by atoms with Gasteiger partial charge >= 0.3 is 5.97 Å². The van der Waals surface area contributed by atoms with Crippen molar-refractivity contribution in [2.75, 3.05) is 6.54 Å². The lowest BCUT2D eigenvalue weighted by Crippen LogP contribution is -2.30. The molecule has 0 saturated carbocycles. The highest BCUT2D eigenvalue weighted by Gasteiger charge is 2.07. The Balaban J connectivity index is 2.37. The molecule has 0 saturated heterocycles. The van der Waals surface area contributed by atoms with Crippen LogP contribution in [-0.2, 0) is 17.8 Å². The summed E-state index contributed by atoms with van der Waals surface area (Å²) in [4.78, 5) is 10.5. The molecule has 1 rings (SSSR count). The minimum Gasteiger partial charge on any atom is -0.481 e. The van der Waals surface area contributed by atoms with Crippen molar-refractivity contribution < 1.29 is 15.0 Å². The third-order valence-electron chi connectivity index (χ3n) is 2.83. The zero-order valence-corrected chi connectivity index (χ0v) is 10.9. The van der Waals surface area contributed by atoms with E-state index in [1.807, 2.05) is 38.1 Å². The van der Waals surface area contributed by atoms with E-state index in [-0.39, 0.29) is 18.4 Å². The number of nitrogens with one attached hydrogen (secondary N) is 1. The van der Waals surface area contributed by atoms with Gasteiger partial charge in [0.1, 0.15) is 0 Å². The van der Waals surface area contributed by atoms with Crippen LogP contribution < -0.4 is 5.32 Å². The highest BCUT2D eigenvalue weighted by atomic mass is 16.4. The Morgan fingerprint density at radius 1 is 1.22 bits per heavy atom. The van der Waals surface area contributed by atoms with Gasteiger partial charge in [-0.3, -0.25) is 4.79 Å². The zero-order chi connectivity index (χ0) is 13.5. The molecule has 1 aromatic rings. The van der Waals surface area contributed by atoms with Gasteiger partial charge in [0.2, 0.25) is 0 Å². The van der Waals surface area contributed by atoms with E-state index in [1.165, 1.54) is 0 Å². The van der Waals surface area contributed by atoms with Crippen molar-refractivity contribution in [3.05, 3.63) is 35.4 Å². The largest absolute Gasteiger partial charge is 0.481 e. The van der Waals surface area contributed by atoms with Crippen molar-refractivity contribution in [3.8, 4) is 0 Å². The Morgan fingerprint density at radius 2 is 1.78 bits per heavy atom. The lowest BCUT2D eigenvalue weighted by molar-refractivity contribution is -0.136. The number of benzene rings is 1. The van der Waals surface area contributed by atoms with E-state index >= 15 is 0 Å². The van der Waals surface area contributed by atoms with Crippen LogP contribution in [0.4, 0.5) is 0 Å². The number of carboxylic acids is 1. The molecule has 1 atom stereocenters. The molecular formula is C14H21NO3. The molecule has 1 aromatic carbocycles. The summed E-state index contributed by atoms with van der Waals surface area (Å²) in [7, 11) is 0. The Kier molecular flexibility index (Phi) is 5.82. The van der Waals surface area contributed by atoms with E-state index in [4.69, 9.17) is 5.11 Å². The van der Waals surface area contributed by atoms with Crippen molar-refractivity contribution in [3.63, 3.8) is 0 Å². The number of aliphatic hydroxyl groups is 1. The maximum absolute atomic E-state index is 10.5. The van der Waals surface area contributed by atoms with Crippen LogP contribution >= 0.6 is 0 Å². The monoisotopic (exact) mass is 251 g/mol. The van der Waals surface area contributed by atoms with Crippen LogP contribution in [0.15, 0.2) is 24.3 Å². The van der Waals surface area contributed by atoms with Gasteiger partial charge in [0, 0.05) is 13.1 Å². The van der Waals surface area contributed by atoms with Gasteiger partial charge in [0.25, 0.3) is 0 Å². The number of aliphatic carboxylic acids is 1. The predicted molar refractivity (Wildman–Crippen MR) is 70.3 cm³/mol. The second-order valence-corrected chi connectivity index (χ2v) is 4.83. The summed E-state index contributed by atoms with van der Waals surface area (Å²) in [6.07, 6.45) is -0.281. The number of hydrogen-bond acceptors (Lipinski definition) is 3. The second kappa shape index (κ2) is 7.13. The molecule has 100 valence electrons. The van der Waals surface area contributed by atoms with E-state index in [0.717, 1.165) is 11.1 Å². The van der Waals surface area contributed by atoms with E-state index < -0.39 is 5.97 Å². The number of rotatable bonds is 7. The van der Waals surface area contributed by atoms with Crippen LogP contribution in [0.3, 0.4) is 0 Å². The molecule has 0 aliphatic carbocycles. The first-order chi connectivity index (χ1) is 8.49. The average molecular weight is 251 g/mol. The SMILES string of the molecule is CC(C)C(O)CNCc1ccc(CC(=O)O)cc1. The van der Waals surface area contributed by atoms with Gasteiger partial charge < -0.3 is 15.5 Å². The standard InChI is InChI=1S/C14H21NO3/c1-10(2)13(16)9-15-8-12-5-3-11(4-6-12)7-14(17)18/h3-6,10,13,15-16H,7-9H2,1-2H3,(H,17,18). The third-order valence-corrected chi connectivity index (χ3v) is 2.83. The van der Waals surface area contributed by atoms with Gasteiger partial charge in [-0.05, 0) is 17.0 Å². The fraction of sp³-hybridized carbons (Fsp3) is 0.500. The predicted octanol–water partition coefficient (Wildman–Crippen LogP) is 1.42. The molecule has 0 heterocycles. The number of carboxylic acid groups (broad SMARTS) is 1. The quantitative estimate of drug-likeness (QED) is 0.685. The Hall–Kier alpha value is -1.39. The maximum atomic E-state index is 10.5. The molecule has 3 N–H and O–H groups in total. The Bertz CT molecular complexity index is 373. The zero-order valence-electron chi connectivity index (χ0n) is 10.9. The topological polar surface area (TPSA) is 69.6 Å². The molecule has 4 heteroatoms. The summed E-state index contributed by atoms with van der Waals surface area (Å²) in [5.74, 6) is -0.573. The molecular weight excluding hydrogens is 230 g/mol. The van der Waals surface area contributed by atoms with Crippen LogP contribution in [0.1, 0.15) is 25.0 Å². The van der Waals surface area contributed by atoms with Crippen LogP contribution in [0.2, 0.25) is 0 Å². The summed E-state index contributed by atoms with van der Waals surface area (Å²) in [6.45, 7) is 5.20. The van der Waals surface area contributed by atoms with Crippen molar-refractivity contribution in [1.29, 1.82) is 0 Å². The molecule has 0 amide bonds. The van der Waals surface area contributed by atoms with Gasteiger partial charge in [-0.1, -0.05) is 38.1 Å². The summed E-state index contributed by atoms with van der Waals surface area (Å²) < 4.78 is 0. The molecule has 0 aliphatic heterocycles. The first kappa shape index (κ1) is 14.7. The van der Waals surface area contributed by atoms with Gasteiger partial charge in [-0.15, -0.1) is 0 Å². The smallest absolute Gasteiger partial charge is 0.307 e. The van der Waals surface area contributed by atoms with E-state index in [1.54, 1.807) is 0 Å². The molecule has 0 fully saturated rings. The molecule has 0 aromatic heterocycles. The fourth-order valence-electron chi connectivity index (χ4n) is 1.55. The molecule has 1 unspecified atom stereocenters. The van der Waals surface area contributed by atoms with Crippen molar-refractivity contribution in [2.24, 2.45) is 5.92 Å². The lowest BCUT2D eigenvalue weighted by Gasteiger charge is -2.15. The third kappa shape index (κ3) is 5.29. The highest BCUT2D eigenvalue weighted by Crippen LogP contribution is 2.06. The molecule has 0 bridgehead atoms. The first-order valence-electron chi connectivity index (χ1n) is 6.17. The Morgan fingerprint density at radius 3 is 2.28 bits per heavy atom. The highest BCUT2D eigenvalue weighted by molar-refractivity contribution is 5.70. The summed E-state index contributed by atoms with van der Waals surface area (Å²) in [5, 5.41) is 21.4. The average Bonchev–Trinajstić information content (AvgIpc) is 2.30. The lowest BCUT2D eigenvalue weighted by atomic mass is 10.1. The van der Waals surface area contributed by atoms with Crippen LogP contribution in [0.5, 0.6) is 0 Å². The van der Waals surface area contributed by atoms with E-state index in [2.05, 4.69) is 5.32 Å². The molecule has 0 radical (unpaired) electrons. The number of carbonyl (C=O) groups is 1. The summed E-state index contributed by atoms with van der Waals surface area (Å²) in [5.41, 5.74) is 1.88. The Labute approximate surface area is 108 Å². The van der Waals surface area contributed by atoms with Crippen molar-refractivity contribution in [2.45, 2.75) is 32.9 Å². The number of aliphatic hydroxyl groups excluding tert-OH is 1. The molecule has 0 aliphatic rings. The number of hydrogen-bond donors (Lipinski definition) is 3. The van der Waals surface area contributed by atoms with Gasteiger partial charge in [-0.2, -0.15) is 0 Å². The van der Waals surface area contributed by atoms with E-state index in [0.29, 0.717) is 13.1 Å². The van der Waals surface area contributed by atoms with Crippen molar-refractivity contribution in [1.82, 2.24) is 5.32 Å². The fourth-order valence-corrected chi connectivity index (χ4v) is 1.55. The van der Waals surface area contributed by atoms with Gasteiger partial charge in [-0.25, -0.2) is 0 Å². The molecule has 0 spiro atoms. The van der Waals surface area contributed by atoms with Crippen LogP contribution in [-0.4, -0.2) is 28.8 Å². The summed E-state index contributed by atoms with van der Waals surface area (Å²) in [6, 6.07) is 7.47. The van der Waals surface area contributed by atoms with Gasteiger partial charge in [0.15, 0.2) is 0 Å². The van der Waals surface area contributed by atoms with E-state index in [9.17, 15) is 9.90 Å². The maximum Gasteiger partial charge on any atom is 0.307 e.